The number of pyridine rings is 1. The summed E-state index contributed by atoms with van der Waals surface area (Å²) in [6.07, 6.45) is 0. The molecule has 0 radical (unpaired) electrons. The third kappa shape index (κ3) is 4.90. The quantitative estimate of drug-likeness (QED) is 0.703. The molecule has 0 bridgehead atoms. The van der Waals surface area contributed by atoms with E-state index in [9.17, 15) is 8.78 Å². The van der Waals surface area contributed by atoms with Gasteiger partial charge in [0, 0.05) is 32.4 Å². The van der Waals surface area contributed by atoms with Crippen LogP contribution in [0.15, 0.2) is 6.07 Å². The van der Waals surface area contributed by atoms with Crippen LogP contribution >= 0.6 is 0 Å². The van der Waals surface area contributed by atoms with Crippen LogP contribution in [0.25, 0.3) is 0 Å². The van der Waals surface area contributed by atoms with E-state index in [1.807, 2.05) is 13.8 Å². The van der Waals surface area contributed by atoms with Gasteiger partial charge in [-0.1, -0.05) is 0 Å². The number of nitrogen functional groups attached to an aromatic ring is 1. The molecule has 114 valence electrons. The van der Waals surface area contributed by atoms with E-state index < -0.39 is 11.6 Å². The number of ether oxygens (including phenoxy) is 2. The fourth-order valence-electron chi connectivity index (χ4n) is 1.65. The van der Waals surface area contributed by atoms with E-state index in [-0.39, 0.29) is 11.6 Å². The SMILES string of the molecule is CCOCCN(CCOCC)c1nc(N)c(F)cc1F. The van der Waals surface area contributed by atoms with Gasteiger partial charge >= 0.3 is 0 Å². The fourth-order valence-corrected chi connectivity index (χ4v) is 1.65. The highest BCUT2D eigenvalue weighted by atomic mass is 19.1. The molecule has 1 aromatic heterocycles. The standard InChI is InChI=1S/C13H21F2N3O2/c1-3-19-7-5-18(6-8-20-4-2)13-11(15)9-10(14)12(16)17-13/h9H,3-8H2,1-2H3,(H2,16,17). The Morgan fingerprint density at radius 3 is 2.15 bits per heavy atom. The van der Waals surface area contributed by atoms with E-state index in [0.717, 1.165) is 6.07 Å². The molecule has 1 heterocycles. The molecule has 2 N–H and O–H groups in total. The third-order valence-corrected chi connectivity index (χ3v) is 2.66. The smallest absolute Gasteiger partial charge is 0.168 e. The van der Waals surface area contributed by atoms with Crippen LogP contribution in [-0.2, 0) is 9.47 Å². The Hall–Kier alpha value is -1.47. The van der Waals surface area contributed by atoms with Gasteiger partial charge in [-0.25, -0.2) is 13.8 Å². The maximum Gasteiger partial charge on any atom is 0.168 e. The molecule has 1 aromatic rings. The summed E-state index contributed by atoms with van der Waals surface area (Å²) in [5.74, 6) is -1.91. The van der Waals surface area contributed by atoms with Crippen LogP contribution < -0.4 is 10.6 Å². The van der Waals surface area contributed by atoms with Crippen molar-refractivity contribution in [2.45, 2.75) is 13.8 Å². The minimum atomic E-state index is -0.860. The minimum absolute atomic E-state index is 0.0170. The van der Waals surface area contributed by atoms with Crippen LogP contribution in [0.4, 0.5) is 20.4 Å². The van der Waals surface area contributed by atoms with Crippen molar-refractivity contribution in [1.29, 1.82) is 0 Å². The lowest BCUT2D eigenvalue weighted by Gasteiger charge is -2.24. The van der Waals surface area contributed by atoms with E-state index in [2.05, 4.69) is 4.98 Å². The van der Waals surface area contributed by atoms with E-state index in [1.54, 1.807) is 4.90 Å². The van der Waals surface area contributed by atoms with Crippen molar-refractivity contribution in [3.05, 3.63) is 17.7 Å². The first-order chi connectivity index (χ1) is 9.60. The van der Waals surface area contributed by atoms with Crippen LogP contribution in [0, 0.1) is 11.6 Å². The number of nitrogens with zero attached hydrogens (tertiary/aromatic N) is 2. The summed E-state index contributed by atoms with van der Waals surface area (Å²) in [5, 5.41) is 0. The topological polar surface area (TPSA) is 60.6 Å². The first-order valence-corrected chi connectivity index (χ1v) is 6.62. The number of rotatable bonds is 9. The molecular weight excluding hydrogens is 268 g/mol. The average molecular weight is 289 g/mol. The second-order valence-electron chi connectivity index (χ2n) is 4.04. The largest absolute Gasteiger partial charge is 0.381 e. The number of hydrogen-bond acceptors (Lipinski definition) is 5. The lowest BCUT2D eigenvalue weighted by Crippen LogP contribution is -2.33. The molecule has 0 saturated carbocycles. The third-order valence-electron chi connectivity index (χ3n) is 2.66. The van der Waals surface area contributed by atoms with Crippen molar-refractivity contribution in [1.82, 2.24) is 4.98 Å². The number of nitrogens with two attached hydrogens (primary N) is 1. The molecule has 0 fully saturated rings. The Labute approximate surface area is 117 Å². The predicted molar refractivity (Wildman–Crippen MR) is 73.8 cm³/mol. The van der Waals surface area contributed by atoms with Crippen LogP contribution in [0.1, 0.15) is 13.8 Å². The molecule has 0 atom stereocenters. The summed E-state index contributed by atoms with van der Waals surface area (Å²) in [4.78, 5) is 5.41. The first kappa shape index (κ1) is 16.6. The number of hydrogen-bond donors (Lipinski definition) is 1. The Bertz CT molecular complexity index is 409. The molecule has 0 aromatic carbocycles. The Morgan fingerprint density at radius 2 is 1.65 bits per heavy atom. The Balaban J connectivity index is 2.81. The van der Waals surface area contributed by atoms with Gasteiger partial charge < -0.3 is 20.1 Å². The highest BCUT2D eigenvalue weighted by molar-refractivity contribution is 5.47. The van der Waals surface area contributed by atoms with Crippen molar-refractivity contribution in [2.24, 2.45) is 0 Å². The molecule has 0 saturated heterocycles. The second-order valence-corrected chi connectivity index (χ2v) is 4.04. The molecule has 0 unspecified atom stereocenters. The highest BCUT2D eigenvalue weighted by Gasteiger charge is 2.16. The molecule has 0 aliphatic rings. The van der Waals surface area contributed by atoms with Gasteiger partial charge in [0.15, 0.2) is 23.3 Å². The lowest BCUT2D eigenvalue weighted by atomic mass is 10.3. The van der Waals surface area contributed by atoms with Gasteiger partial charge in [-0.2, -0.15) is 0 Å². The molecular formula is C13H21F2N3O2. The van der Waals surface area contributed by atoms with Gasteiger partial charge in [-0.05, 0) is 13.8 Å². The molecule has 0 aliphatic carbocycles. The van der Waals surface area contributed by atoms with E-state index in [4.69, 9.17) is 15.2 Å². The maximum atomic E-state index is 13.8. The normalized spacial score (nSPS) is 10.8. The average Bonchev–Trinajstić information content (AvgIpc) is 2.42. The van der Waals surface area contributed by atoms with Gasteiger partial charge in [0.25, 0.3) is 0 Å². The summed E-state index contributed by atoms with van der Waals surface area (Å²) < 4.78 is 37.5. The van der Waals surface area contributed by atoms with Gasteiger partial charge in [0.2, 0.25) is 0 Å². The second kappa shape index (κ2) is 8.65. The summed E-state index contributed by atoms with van der Waals surface area (Å²) >= 11 is 0. The summed E-state index contributed by atoms with van der Waals surface area (Å²) in [6.45, 7) is 6.58. The number of aromatic nitrogens is 1. The molecule has 0 spiro atoms. The summed E-state index contributed by atoms with van der Waals surface area (Å²) in [7, 11) is 0. The summed E-state index contributed by atoms with van der Waals surface area (Å²) in [5.41, 5.74) is 5.40. The van der Waals surface area contributed by atoms with Gasteiger partial charge in [-0.3, -0.25) is 0 Å². The first-order valence-electron chi connectivity index (χ1n) is 6.62. The van der Waals surface area contributed by atoms with Gasteiger partial charge in [0.1, 0.15) is 0 Å². The van der Waals surface area contributed by atoms with Gasteiger partial charge in [-0.15, -0.1) is 0 Å². The van der Waals surface area contributed by atoms with Crippen LogP contribution in [0.5, 0.6) is 0 Å². The molecule has 5 nitrogen and oxygen atoms in total. The fraction of sp³-hybridized carbons (Fsp3) is 0.615. The zero-order valence-corrected chi connectivity index (χ0v) is 11.9. The van der Waals surface area contributed by atoms with Crippen molar-refractivity contribution in [3.8, 4) is 0 Å². The van der Waals surface area contributed by atoms with Crippen molar-refractivity contribution >= 4 is 11.6 Å². The lowest BCUT2D eigenvalue weighted by molar-refractivity contribution is 0.141. The Morgan fingerprint density at radius 1 is 1.10 bits per heavy atom. The highest BCUT2D eigenvalue weighted by Crippen LogP contribution is 2.20. The zero-order valence-electron chi connectivity index (χ0n) is 11.9. The maximum absolute atomic E-state index is 13.8. The van der Waals surface area contributed by atoms with E-state index in [1.165, 1.54) is 0 Å². The van der Waals surface area contributed by atoms with Crippen molar-refractivity contribution < 1.29 is 18.3 Å². The molecule has 0 amide bonds. The molecule has 0 aliphatic heterocycles. The predicted octanol–water partition coefficient (Wildman–Crippen LogP) is 1.82. The van der Waals surface area contributed by atoms with Crippen molar-refractivity contribution in [3.63, 3.8) is 0 Å². The number of halogens is 2. The monoisotopic (exact) mass is 289 g/mol. The Kier molecular flexibility index (Phi) is 7.17. The van der Waals surface area contributed by atoms with Crippen LogP contribution in [-0.4, -0.2) is 44.5 Å². The van der Waals surface area contributed by atoms with Crippen LogP contribution in [0.3, 0.4) is 0 Å². The number of anilines is 2. The summed E-state index contributed by atoms with van der Waals surface area (Å²) in [6, 6.07) is 0.742. The molecule has 7 heteroatoms. The van der Waals surface area contributed by atoms with E-state index in [0.29, 0.717) is 39.5 Å². The minimum Gasteiger partial charge on any atom is -0.381 e. The molecule has 1 rings (SSSR count). The molecule has 20 heavy (non-hydrogen) atoms. The van der Waals surface area contributed by atoms with E-state index >= 15 is 0 Å². The van der Waals surface area contributed by atoms with Gasteiger partial charge in [0.05, 0.1) is 13.2 Å². The van der Waals surface area contributed by atoms with Crippen molar-refractivity contribution in [2.75, 3.05) is 50.2 Å². The zero-order chi connectivity index (χ0) is 15.0. The van der Waals surface area contributed by atoms with Crippen LogP contribution in [0.2, 0.25) is 0 Å².